The van der Waals surface area contributed by atoms with Gasteiger partial charge in [0.15, 0.2) is 0 Å². The highest BCUT2D eigenvalue weighted by atomic mass is 16.6. The van der Waals surface area contributed by atoms with Crippen molar-refractivity contribution in [3.63, 3.8) is 0 Å². The average Bonchev–Trinajstić information content (AvgIpc) is 3.21. The fraction of sp³-hybridized carbons (Fsp3) is 0.447. The van der Waals surface area contributed by atoms with Gasteiger partial charge in [-0.1, -0.05) is 103 Å². The zero-order valence-electron chi connectivity index (χ0n) is 34.4. The third-order valence-corrected chi connectivity index (χ3v) is 10.8. The Bertz CT molecular complexity index is 1900. The van der Waals surface area contributed by atoms with Crippen LogP contribution in [-0.2, 0) is 45.1 Å². The second kappa shape index (κ2) is 20.8. The molecule has 302 valence electrons. The zero-order valence-corrected chi connectivity index (χ0v) is 34.4. The number of carbonyl (C=O) groups excluding carboxylic acids is 2. The fourth-order valence-corrected chi connectivity index (χ4v) is 7.78. The number of piperazine rings is 1. The number of methoxy groups -OCH3 is 1. The van der Waals surface area contributed by atoms with Gasteiger partial charge in [-0.05, 0) is 98.5 Å². The molecular formula is C47H60N5O5+. The van der Waals surface area contributed by atoms with Crippen LogP contribution < -0.4 is 4.74 Å². The molecular weight excluding hydrogens is 715 g/mol. The van der Waals surface area contributed by atoms with Gasteiger partial charge < -0.3 is 18.7 Å². The average molecular weight is 775 g/mol. The van der Waals surface area contributed by atoms with E-state index in [1.165, 1.54) is 5.56 Å². The van der Waals surface area contributed by atoms with Gasteiger partial charge in [-0.25, -0.2) is 0 Å². The Balaban J connectivity index is 1.30. The number of benzene rings is 4. The van der Waals surface area contributed by atoms with Gasteiger partial charge in [0.05, 0.1) is 38.6 Å². The van der Waals surface area contributed by atoms with E-state index in [-0.39, 0.29) is 6.61 Å². The summed E-state index contributed by atoms with van der Waals surface area (Å²) in [5, 5.41) is 3.69. The number of ether oxygens (including phenoxy) is 3. The van der Waals surface area contributed by atoms with Crippen molar-refractivity contribution >= 4 is 11.9 Å². The van der Waals surface area contributed by atoms with Crippen LogP contribution in [0.3, 0.4) is 0 Å². The highest BCUT2D eigenvalue weighted by Crippen LogP contribution is 2.30. The monoisotopic (exact) mass is 774 g/mol. The van der Waals surface area contributed by atoms with Gasteiger partial charge in [0, 0.05) is 30.1 Å². The first-order valence-corrected chi connectivity index (χ1v) is 20.3. The molecule has 0 radical (unpaired) electrons. The minimum atomic E-state index is -0.768. The highest BCUT2D eigenvalue weighted by molar-refractivity contribution is 5.83. The van der Waals surface area contributed by atoms with Crippen LogP contribution >= 0.6 is 0 Å². The molecule has 0 N–H and O–H groups in total. The molecule has 4 aromatic rings. The first-order chi connectivity index (χ1) is 27.5. The van der Waals surface area contributed by atoms with Crippen molar-refractivity contribution in [3.05, 3.63) is 136 Å². The van der Waals surface area contributed by atoms with Gasteiger partial charge in [-0.15, -0.1) is 0 Å². The lowest BCUT2D eigenvalue weighted by molar-refractivity contribution is -0.944. The fourth-order valence-electron chi connectivity index (χ4n) is 7.78. The van der Waals surface area contributed by atoms with Gasteiger partial charge in [0.25, 0.3) is 0 Å². The van der Waals surface area contributed by atoms with Gasteiger partial charge in [0.1, 0.15) is 24.5 Å². The molecule has 1 saturated heterocycles. The number of azide groups is 1. The lowest BCUT2D eigenvalue weighted by Crippen LogP contribution is -2.59. The van der Waals surface area contributed by atoms with Gasteiger partial charge in [0.2, 0.25) is 0 Å². The maximum Gasteiger partial charge on any atom is 0.310 e. The van der Waals surface area contributed by atoms with E-state index in [1.807, 2.05) is 75.4 Å². The van der Waals surface area contributed by atoms with Crippen LogP contribution in [0, 0.1) is 11.8 Å². The summed E-state index contributed by atoms with van der Waals surface area (Å²) in [7, 11) is 1.61. The third kappa shape index (κ3) is 13.2. The molecule has 10 heteroatoms. The third-order valence-electron chi connectivity index (χ3n) is 10.8. The molecule has 57 heavy (non-hydrogen) atoms. The van der Waals surface area contributed by atoms with Crippen molar-refractivity contribution in [3.8, 4) is 16.9 Å². The van der Waals surface area contributed by atoms with Gasteiger partial charge in [-0.2, -0.15) is 0 Å². The smallest absolute Gasteiger partial charge is 0.310 e. The summed E-state index contributed by atoms with van der Waals surface area (Å²) >= 11 is 0. The molecule has 0 saturated carbocycles. The number of esters is 2. The number of carbonyl (C=O) groups is 2. The Hall–Kier alpha value is -5.15. The van der Waals surface area contributed by atoms with Crippen LogP contribution in [0.1, 0.15) is 62.8 Å². The van der Waals surface area contributed by atoms with Crippen molar-refractivity contribution in [2.45, 2.75) is 72.1 Å². The molecule has 2 atom stereocenters. The molecule has 1 aliphatic rings. The Morgan fingerprint density at radius 1 is 0.789 bits per heavy atom. The summed E-state index contributed by atoms with van der Waals surface area (Å²) in [6, 6.07) is 34.4. The van der Waals surface area contributed by atoms with Crippen molar-refractivity contribution in [1.82, 2.24) is 4.90 Å². The van der Waals surface area contributed by atoms with E-state index in [1.54, 1.807) is 7.11 Å². The van der Waals surface area contributed by atoms with Crippen molar-refractivity contribution in [2.24, 2.45) is 17.0 Å². The summed E-state index contributed by atoms with van der Waals surface area (Å²) in [5.41, 5.74) is 14.1. The van der Waals surface area contributed by atoms with E-state index >= 15 is 0 Å². The first-order valence-electron chi connectivity index (χ1n) is 20.3. The molecule has 1 heterocycles. The standard InChI is InChI=1S/C47H60N5O5/c1-6-29-52(30-27-51(28-31-52)26-10-25-49-50-48)34-38-15-21-41(22-16-38)40-19-13-37(14-20-40)33-44(46(54)57-47(2,3)4)43(32-36-11-8-7-9-12-36)45(53)56-35-39-17-23-42(55-5)24-18-39/h7-9,11-24,43-44H,6,10,25-35H2,1-5H3/q+1/t43-,44-/m1/s1. The second-order valence-corrected chi connectivity index (χ2v) is 16.3. The normalized spacial score (nSPS) is 15.2. The number of hydrogen-bond donors (Lipinski definition) is 0. The lowest BCUT2D eigenvalue weighted by Gasteiger charge is -2.45. The minimum absolute atomic E-state index is 0.0844. The Morgan fingerprint density at radius 2 is 1.35 bits per heavy atom. The van der Waals surface area contributed by atoms with Crippen LogP contribution in [0.5, 0.6) is 5.75 Å². The SMILES string of the molecule is CCC[N+]1(Cc2ccc(-c3ccc(C[C@@H](C(=O)OC(C)(C)C)[C@@H](Cc4ccccc4)C(=O)OCc4ccc(OC)cc4)cc3)cc2)CCN(CCCN=[N+]=[N-])CC1. The highest BCUT2D eigenvalue weighted by Gasteiger charge is 2.38. The first kappa shape index (κ1) is 43.0. The maximum absolute atomic E-state index is 14.0. The Kier molecular flexibility index (Phi) is 15.7. The predicted octanol–water partition coefficient (Wildman–Crippen LogP) is 9.21. The topological polar surface area (TPSA) is 114 Å². The molecule has 0 aromatic heterocycles. The predicted molar refractivity (Wildman–Crippen MR) is 225 cm³/mol. The minimum Gasteiger partial charge on any atom is -0.497 e. The Morgan fingerprint density at radius 3 is 1.91 bits per heavy atom. The Labute approximate surface area is 339 Å². The number of rotatable bonds is 19. The molecule has 5 rings (SSSR count). The molecule has 1 aliphatic heterocycles. The second-order valence-electron chi connectivity index (χ2n) is 16.3. The van der Waals surface area contributed by atoms with Crippen LogP contribution in [0.15, 0.2) is 108 Å². The molecule has 0 bridgehead atoms. The van der Waals surface area contributed by atoms with Crippen LogP contribution in [0.4, 0.5) is 0 Å². The van der Waals surface area contributed by atoms with E-state index in [2.05, 4.69) is 70.4 Å². The molecule has 1 fully saturated rings. The summed E-state index contributed by atoms with van der Waals surface area (Å²) in [5.74, 6) is -1.66. The molecule has 0 spiro atoms. The number of quaternary nitrogens is 1. The van der Waals surface area contributed by atoms with E-state index in [0.717, 1.165) is 96.7 Å². The van der Waals surface area contributed by atoms with Crippen LogP contribution in [0.2, 0.25) is 0 Å². The molecule has 0 unspecified atom stereocenters. The van der Waals surface area contributed by atoms with E-state index in [0.29, 0.717) is 19.4 Å². The van der Waals surface area contributed by atoms with Crippen molar-refractivity contribution in [2.75, 3.05) is 52.9 Å². The molecule has 0 amide bonds. The molecule has 10 nitrogen and oxygen atoms in total. The summed E-state index contributed by atoms with van der Waals surface area (Å²) in [4.78, 5) is 33.4. The van der Waals surface area contributed by atoms with Crippen molar-refractivity contribution in [1.29, 1.82) is 0 Å². The summed E-state index contributed by atoms with van der Waals surface area (Å²) in [6.45, 7) is 16.0. The molecule has 0 aliphatic carbocycles. The molecule has 4 aromatic carbocycles. The summed E-state index contributed by atoms with van der Waals surface area (Å²) < 4.78 is 18.2. The van der Waals surface area contributed by atoms with Gasteiger partial charge >= 0.3 is 11.9 Å². The maximum atomic E-state index is 14.0. The van der Waals surface area contributed by atoms with E-state index in [9.17, 15) is 9.59 Å². The zero-order chi connectivity index (χ0) is 40.7. The quantitative estimate of drug-likeness (QED) is 0.0235. The van der Waals surface area contributed by atoms with Crippen LogP contribution in [-0.4, -0.2) is 79.8 Å². The van der Waals surface area contributed by atoms with Gasteiger partial charge in [-0.3, -0.25) is 14.5 Å². The largest absolute Gasteiger partial charge is 0.497 e. The van der Waals surface area contributed by atoms with Crippen molar-refractivity contribution < 1.29 is 28.3 Å². The van der Waals surface area contributed by atoms with Crippen LogP contribution in [0.25, 0.3) is 21.6 Å². The number of hydrogen-bond acceptors (Lipinski definition) is 7. The van der Waals surface area contributed by atoms with E-state index < -0.39 is 29.4 Å². The number of nitrogens with zero attached hydrogens (tertiary/aromatic N) is 5. The lowest BCUT2D eigenvalue weighted by atomic mass is 9.82. The summed E-state index contributed by atoms with van der Waals surface area (Å²) in [6.07, 6.45) is 2.71. The van der Waals surface area contributed by atoms with E-state index in [4.69, 9.17) is 19.7 Å².